The highest BCUT2D eigenvalue weighted by atomic mass is 16.2. The van der Waals surface area contributed by atoms with Crippen LogP contribution in [-0.2, 0) is 32.0 Å². The molecule has 1 saturated carbocycles. The highest BCUT2D eigenvalue weighted by molar-refractivity contribution is 6.38. The number of benzene rings is 2. The smallest absolute Gasteiger partial charge is 0.315 e. The fourth-order valence-corrected chi connectivity index (χ4v) is 6.70. The van der Waals surface area contributed by atoms with Gasteiger partial charge in [0.1, 0.15) is 12.1 Å². The SMILES string of the molecule is C=CCCC(NC(=O)[C@@H]1CCCN1C(=O)[C@@H](NC(=O)NC1CC1c1ccccc1)C1Cc2ccccc2C1)C(=O)C(=O)NCC=C. The minimum absolute atomic E-state index is 0.0158. The van der Waals surface area contributed by atoms with Crippen molar-refractivity contribution in [3.8, 4) is 0 Å². The number of likely N-dealkylation sites (tertiary alicyclic amines) is 1. The van der Waals surface area contributed by atoms with Gasteiger partial charge < -0.3 is 26.2 Å². The summed E-state index contributed by atoms with van der Waals surface area (Å²) in [5, 5.41) is 11.2. The first-order valence-electron chi connectivity index (χ1n) is 16.1. The molecule has 0 aromatic heterocycles. The predicted octanol–water partition coefficient (Wildman–Crippen LogP) is 2.94. The third-order valence-electron chi connectivity index (χ3n) is 9.20. The van der Waals surface area contributed by atoms with E-state index in [2.05, 4.69) is 34.4 Å². The second kappa shape index (κ2) is 15.0. The molecule has 4 N–H and O–H groups in total. The number of carbonyl (C=O) groups is 5. The number of allylic oxidation sites excluding steroid dienone is 1. The minimum atomic E-state index is -1.06. The highest BCUT2D eigenvalue weighted by Gasteiger charge is 2.44. The van der Waals surface area contributed by atoms with E-state index in [1.54, 1.807) is 6.08 Å². The molecule has 46 heavy (non-hydrogen) atoms. The van der Waals surface area contributed by atoms with E-state index in [0.717, 1.165) is 17.5 Å². The van der Waals surface area contributed by atoms with Crippen molar-refractivity contribution in [2.24, 2.45) is 5.92 Å². The molecule has 2 aromatic carbocycles. The number of Topliss-reactive ketones (excluding diaryl/α,β-unsaturated/α-hetero) is 1. The fourth-order valence-electron chi connectivity index (χ4n) is 6.70. The molecule has 2 aromatic rings. The molecule has 0 radical (unpaired) electrons. The molecule has 3 aliphatic rings. The van der Waals surface area contributed by atoms with Gasteiger partial charge in [-0.25, -0.2) is 4.79 Å². The summed E-state index contributed by atoms with van der Waals surface area (Å²) in [6, 6.07) is 14.9. The summed E-state index contributed by atoms with van der Waals surface area (Å²) >= 11 is 0. The summed E-state index contributed by atoms with van der Waals surface area (Å²) in [6.07, 6.45) is 6.79. The molecular weight excluding hydrogens is 582 g/mol. The molecule has 10 heteroatoms. The summed E-state index contributed by atoms with van der Waals surface area (Å²) in [4.78, 5) is 68.1. The number of nitrogens with zero attached hydrogens (tertiary/aromatic N) is 1. The summed E-state index contributed by atoms with van der Waals surface area (Å²) in [5.74, 6) is -2.33. The second-order valence-corrected chi connectivity index (χ2v) is 12.4. The van der Waals surface area contributed by atoms with Crippen molar-refractivity contribution < 1.29 is 24.0 Å². The van der Waals surface area contributed by atoms with Gasteiger partial charge >= 0.3 is 6.03 Å². The number of rotatable bonds is 14. The zero-order chi connectivity index (χ0) is 32.6. The summed E-state index contributed by atoms with van der Waals surface area (Å²) in [5.41, 5.74) is 3.46. The zero-order valence-corrected chi connectivity index (χ0v) is 26.1. The Balaban J connectivity index is 1.29. The maximum atomic E-state index is 14.3. The normalized spacial score (nSPS) is 21.3. The first-order chi connectivity index (χ1) is 22.3. The molecule has 1 aliphatic heterocycles. The molecule has 242 valence electrons. The Bertz CT molecular complexity index is 1450. The summed E-state index contributed by atoms with van der Waals surface area (Å²) < 4.78 is 0. The number of amides is 5. The molecule has 2 aliphatic carbocycles. The van der Waals surface area contributed by atoms with Gasteiger partial charge in [-0.1, -0.05) is 66.7 Å². The third-order valence-corrected chi connectivity index (χ3v) is 9.20. The van der Waals surface area contributed by atoms with E-state index >= 15 is 0 Å². The predicted molar refractivity (Wildman–Crippen MR) is 175 cm³/mol. The van der Waals surface area contributed by atoms with Crippen LogP contribution in [0.4, 0.5) is 4.79 Å². The molecular formula is C36H43N5O5. The monoisotopic (exact) mass is 625 g/mol. The average molecular weight is 626 g/mol. The number of urea groups is 1. The van der Waals surface area contributed by atoms with Gasteiger partial charge in [0.2, 0.25) is 17.6 Å². The van der Waals surface area contributed by atoms with E-state index in [1.165, 1.54) is 16.5 Å². The molecule has 1 saturated heterocycles. The van der Waals surface area contributed by atoms with E-state index in [-0.39, 0.29) is 36.8 Å². The minimum Gasteiger partial charge on any atom is -0.346 e. The van der Waals surface area contributed by atoms with E-state index < -0.39 is 41.8 Å². The van der Waals surface area contributed by atoms with Crippen molar-refractivity contribution in [2.75, 3.05) is 13.1 Å². The van der Waals surface area contributed by atoms with Gasteiger partial charge in [0.15, 0.2) is 0 Å². The van der Waals surface area contributed by atoms with Crippen LogP contribution in [0.15, 0.2) is 79.9 Å². The van der Waals surface area contributed by atoms with Crippen molar-refractivity contribution in [3.63, 3.8) is 0 Å². The fraction of sp³-hybridized carbons (Fsp3) is 0.417. The lowest BCUT2D eigenvalue weighted by molar-refractivity contribution is -0.143. The van der Waals surface area contributed by atoms with E-state index in [4.69, 9.17) is 0 Å². The van der Waals surface area contributed by atoms with Crippen LogP contribution >= 0.6 is 0 Å². The van der Waals surface area contributed by atoms with Crippen LogP contribution in [0.3, 0.4) is 0 Å². The lowest BCUT2D eigenvalue weighted by Gasteiger charge is -2.32. The van der Waals surface area contributed by atoms with Crippen LogP contribution in [0.2, 0.25) is 0 Å². The van der Waals surface area contributed by atoms with Crippen molar-refractivity contribution in [1.82, 2.24) is 26.2 Å². The molecule has 1 heterocycles. The molecule has 0 bridgehead atoms. The van der Waals surface area contributed by atoms with Crippen molar-refractivity contribution in [2.45, 2.75) is 75.0 Å². The van der Waals surface area contributed by atoms with Crippen molar-refractivity contribution in [3.05, 3.63) is 96.6 Å². The number of hydrogen-bond donors (Lipinski definition) is 4. The highest BCUT2D eigenvalue weighted by Crippen LogP contribution is 2.40. The largest absolute Gasteiger partial charge is 0.346 e. The Hall–Kier alpha value is -4.73. The maximum Gasteiger partial charge on any atom is 0.315 e. The van der Waals surface area contributed by atoms with Crippen LogP contribution in [-0.4, -0.2) is 71.7 Å². The quantitative estimate of drug-likeness (QED) is 0.189. The summed E-state index contributed by atoms with van der Waals surface area (Å²) in [7, 11) is 0. The number of ketones is 1. The Morgan fingerprint density at radius 1 is 0.913 bits per heavy atom. The van der Waals surface area contributed by atoms with E-state index in [9.17, 15) is 24.0 Å². The zero-order valence-electron chi connectivity index (χ0n) is 26.1. The maximum absolute atomic E-state index is 14.3. The average Bonchev–Trinajstić information content (AvgIpc) is 3.44. The van der Waals surface area contributed by atoms with Gasteiger partial charge in [0, 0.05) is 25.0 Å². The molecule has 2 fully saturated rings. The van der Waals surface area contributed by atoms with Crippen molar-refractivity contribution >= 4 is 29.5 Å². The third kappa shape index (κ3) is 7.73. The Kier molecular flexibility index (Phi) is 10.7. The van der Waals surface area contributed by atoms with Gasteiger partial charge in [0.25, 0.3) is 5.91 Å². The number of carbonyl (C=O) groups excluding carboxylic acids is 5. The van der Waals surface area contributed by atoms with Gasteiger partial charge in [-0.05, 0) is 67.6 Å². The van der Waals surface area contributed by atoms with Gasteiger partial charge in [-0.15, -0.1) is 13.2 Å². The Morgan fingerprint density at radius 2 is 1.61 bits per heavy atom. The van der Waals surface area contributed by atoms with Crippen LogP contribution in [0.25, 0.3) is 0 Å². The molecule has 5 rings (SSSR count). The van der Waals surface area contributed by atoms with Crippen LogP contribution < -0.4 is 21.3 Å². The molecule has 3 unspecified atom stereocenters. The Morgan fingerprint density at radius 3 is 2.28 bits per heavy atom. The van der Waals surface area contributed by atoms with Crippen LogP contribution in [0.1, 0.15) is 54.7 Å². The second-order valence-electron chi connectivity index (χ2n) is 12.4. The topological polar surface area (TPSA) is 137 Å². The van der Waals surface area contributed by atoms with Crippen LogP contribution in [0.5, 0.6) is 0 Å². The lowest BCUT2D eigenvalue weighted by atomic mass is 9.94. The standard InChI is InChI=1S/C36H43N5O5/c1-3-5-16-28(32(42)34(44)37-18-4-2)38-33(43)30-17-11-19-41(30)35(45)31(26-20-24-14-9-10-15-25(24)21-26)40-36(46)39-29-22-27(29)23-12-7-6-8-13-23/h3-4,6-10,12-15,26-31H,1-2,5,11,16-22H2,(H,37,44)(H,38,43)(H2,39,40,46)/t27?,28?,29?,30-,31-/m0/s1. The number of fused-ring (bicyclic) bond motifs is 1. The first-order valence-corrected chi connectivity index (χ1v) is 16.1. The summed E-state index contributed by atoms with van der Waals surface area (Å²) in [6.45, 7) is 7.70. The van der Waals surface area contributed by atoms with Gasteiger partial charge in [-0.2, -0.15) is 0 Å². The first kappa shape index (κ1) is 32.7. The molecule has 0 spiro atoms. The van der Waals surface area contributed by atoms with Gasteiger partial charge in [0.05, 0.1) is 6.04 Å². The molecule has 5 atom stereocenters. The Labute approximate surface area is 270 Å². The number of nitrogens with one attached hydrogen (secondary N) is 4. The number of hydrogen-bond acceptors (Lipinski definition) is 5. The van der Waals surface area contributed by atoms with E-state index in [1.807, 2.05) is 54.6 Å². The van der Waals surface area contributed by atoms with Crippen LogP contribution in [0, 0.1) is 5.92 Å². The lowest BCUT2D eigenvalue weighted by Crippen LogP contribution is -2.59. The molecule has 10 nitrogen and oxygen atoms in total. The van der Waals surface area contributed by atoms with E-state index in [0.29, 0.717) is 38.6 Å². The van der Waals surface area contributed by atoms with Crippen molar-refractivity contribution in [1.29, 1.82) is 0 Å². The molecule has 5 amide bonds. The van der Waals surface area contributed by atoms with Gasteiger partial charge in [-0.3, -0.25) is 19.2 Å².